The minimum absolute atomic E-state index is 0.778. The summed E-state index contributed by atoms with van der Waals surface area (Å²) in [6, 6.07) is 9.58. The molecular weight excluding hydrogens is 206 g/mol. The van der Waals surface area contributed by atoms with Crippen molar-refractivity contribution in [3.8, 4) is 0 Å². The third-order valence-corrected chi connectivity index (χ3v) is 3.06. The maximum atomic E-state index is 3.51. The van der Waals surface area contributed by atoms with Crippen LogP contribution in [0.15, 0.2) is 18.2 Å². The molecule has 0 atom stereocenters. The first kappa shape index (κ1) is 14.2. The minimum Gasteiger partial charge on any atom is -0.313 e. The Bertz CT molecular complexity index is 304. The van der Waals surface area contributed by atoms with Gasteiger partial charge in [-0.3, -0.25) is 0 Å². The summed E-state index contributed by atoms with van der Waals surface area (Å²) in [5, 5.41) is 3.51. The van der Waals surface area contributed by atoms with Crippen LogP contribution in [0, 0.1) is 12.0 Å². The molecule has 0 bridgehead atoms. The first-order valence-electron chi connectivity index (χ1n) is 6.92. The Morgan fingerprint density at radius 2 is 2.12 bits per heavy atom. The molecule has 1 radical (unpaired) electrons. The number of hydrogen-bond donors (Lipinski definition) is 1. The number of unbranched alkanes of at least 4 members (excludes halogenated alkanes) is 1. The van der Waals surface area contributed by atoms with Gasteiger partial charge in [0.1, 0.15) is 0 Å². The van der Waals surface area contributed by atoms with E-state index in [2.05, 4.69) is 44.3 Å². The molecule has 0 saturated heterocycles. The van der Waals surface area contributed by atoms with Crippen molar-refractivity contribution < 1.29 is 0 Å². The van der Waals surface area contributed by atoms with E-state index in [9.17, 15) is 0 Å². The number of nitrogens with one attached hydrogen (secondary N) is 1. The highest BCUT2D eigenvalue weighted by Crippen LogP contribution is 2.13. The molecule has 0 amide bonds. The molecular formula is C16H26N. The lowest BCUT2D eigenvalue weighted by Crippen LogP contribution is -2.15. The average molecular weight is 232 g/mol. The highest BCUT2D eigenvalue weighted by molar-refractivity contribution is 5.26. The summed E-state index contributed by atoms with van der Waals surface area (Å²) in [5.41, 5.74) is 2.91. The zero-order valence-corrected chi connectivity index (χ0v) is 11.6. The van der Waals surface area contributed by atoms with Gasteiger partial charge in [0.25, 0.3) is 0 Å². The van der Waals surface area contributed by atoms with Crippen molar-refractivity contribution in [1.82, 2.24) is 5.32 Å². The largest absolute Gasteiger partial charge is 0.313 e. The summed E-state index contributed by atoms with van der Waals surface area (Å²) in [6.45, 7) is 8.91. The molecule has 95 valence electrons. The topological polar surface area (TPSA) is 12.0 Å². The monoisotopic (exact) mass is 232 g/mol. The Kier molecular flexibility index (Phi) is 6.95. The summed E-state index contributed by atoms with van der Waals surface area (Å²) in [5.74, 6) is 0.778. The van der Waals surface area contributed by atoms with Crippen LogP contribution in [0.2, 0.25) is 0 Å². The van der Waals surface area contributed by atoms with E-state index in [-0.39, 0.29) is 0 Å². The molecule has 0 aliphatic heterocycles. The van der Waals surface area contributed by atoms with Crippen LogP contribution in [0.5, 0.6) is 0 Å². The maximum absolute atomic E-state index is 3.51. The SMILES string of the molecule is CCCCNCc1c[c]ccc1CCC(C)C. The highest BCUT2D eigenvalue weighted by Gasteiger charge is 2.02. The molecule has 1 rings (SSSR count). The van der Waals surface area contributed by atoms with Crippen LogP contribution >= 0.6 is 0 Å². The van der Waals surface area contributed by atoms with E-state index in [1.54, 1.807) is 0 Å². The Morgan fingerprint density at radius 3 is 2.82 bits per heavy atom. The third kappa shape index (κ3) is 5.88. The van der Waals surface area contributed by atoms with Crippen LogP contribution in [0.4, 0.5) is 0 Å². The zero-order chi connectivity index (χ0) is 12.5. The standard InChI is InChI=1S/C16H26N/c1-4-5-12-17-13-16-9-7-6-8-15(16)11-10-14(2)3/h6,8-9,14,17H,4-5,10-13H2,1-3H3. The zero-order valence-electron chi connectivity index (χ0n) is 11.6. The minimum atomic E-state index is 0.778. The van der Waals surface area contributed by atoms with Crippen molar-refractivity contribution >= 4 is 0 Å². The number of aryl methyl sites for hydroxylation is 1. The van der Waals surface area contributed by atoms with Gasteiger partial charge in [0.2, 0.25) is 0 Å². The van der Waals surface area contributed by atoms with Gasteiger partial charge in [-0.15, -0.1) is 0 Å². The average Bonchev–Trinajstić information content (AvgIpc) is 2.33. The lowest BCUT2D eigenvalue weighted by atomic mass is 9.98. The van der Waals surface area contributed by atoms with Crippen molar-refractivity contribution in [3.05, 3.63) is 35.4 Å². The summed E-state index contributed by atoms with van der Waals surface area (Å²) in [4.78, 5) is 0. The summed E-state index contributed by atoms with van der Waals surface area (Å²) in [7, 11) is 0. The quantitative estimate of drug-likeness (QED) is 0.669. The third-order valence-electron chi connectivity index (χ3n) is 3.06. The van der Waals surface area contributed by atoms with Gasteiger partial charge in [-0.05, 0) is 55.0 Å². The Labute approximate surface area is 107 Å². The second-order valence-corrected chi connectivity index (χ2v) is 5.16. The predicted molar refractivity (Wildman–Crippen MR) is 75.1 cm³/mol. The van der Waals surface area contributed by atoms with E-state index in [0.29, 0.717) is 0 Å². The molecule has 0 spiro atoms. The smallest absolute Gasteiger partial charge is 0.0208 e. The molecule has 0 heterocycles. The van der Waals surface area contributed by atoms with E-state index in [4.69, 9.17) is 0 Å². The van der Waals surface area contributed by atoms with E-state index in [0.717, 1.165) is 19.0 Å². The summed E-state index contributed by atoms with van der Waals surface area (Å²) >= 11 is 0. The molecule has 0 aliphatic carbocycles. The van der Waals surface area contributed by atoms with Gasteiger partial charge in [0.15, 0.2) is 0 Å². The van der Waals surface area contributed by atoms with E-state index >= 15 is 0 Å². The van der Waals surface area contributed by atoms with Crippen molar-refractivity contribution in [2.45, 2.75) is 53.0 Å². The molecule has 0 fully saturated rings. The fourth-order valence-electron chi connectivity index (χ4n) is 1.87. The lowest BCUT2D eigenvalue weighted by Gasteiger charge is -2.11. The van der Waals surface area contributed by atoms with Gasteiger partial charge in [0, 0.05) is 6.54 Å². The Hall–Kier alpha value is -0.820. The van der Waals surface area contributed by atoms with E-state index in [1.165, 1.54) is 36.8 Å². The van der Waals surface area contributed by atoms with Gasteiger partial charge in [-0.1, -0.05) is 39.3 Å². The summed E-state index contributed by atoms with van der Waals surface area (Å²) in [6.07, 6.45) is 4.98. The fourth-order valence-corrected chi connectivity index (χ4v) is 1.87. The molecule has 0 aromatic heterocycles. The molecule has 0 aliphatic rings. The molecule has 1 heteroatoms. The van der Waals surface area contributed by atoms with Crippen LogP contribution in [0.1, 0.15) is 51.2 Å². The summed E-state index contributed by atoms with van der Waals surface area (Å²) < 4.78 is 0. The van der Waals surface area contributed by atoms with Gasteiger partial charge in [-0.25, -0.2) is 0 Å². The van der Waals surface area contributed by atoms with Gasteiger partial charge in [-0.2, -0.15) is 0 Å². The Balaban J connectivity index is 2.46. The lowest BCUT2D eigenvalue weighted by molar-refractivity contribution is 0.581. The number of hydrogen-bond acceptors (Lipinski definition) is 1. The highest BCUT2D eigenvalue weighted by atomic mass is 14.8. The van der Waals surface area contributed by atoms with Crippen LogP contribution in [0.3, 0.4) is 0 Å². The first-order valence-corrected chi connectivity index (χ1v) is 6.92. The van der Waals surface area contributed by atoms with Crippen LogP contribution in [0.25, 0.3) is 0 Å². The van der Waals surface area contributed by atoms with E-state index < -0.39 is 0 Å². The first-order chi connectivity index (χ1) is 8.24. The molecule has 1 nitrogen and oxygen atoms in total. The second kappa shape index (κ2) is 8.30. The molecule has 1 aromatic carbocycles. The van der Waals surface area contributed by atoms with Crippen molar-refractivity contribution in [1.29, 1.82) is 0 Å². The Morgan fingerprint density at radius 1 is 1.29 bits per heavy atom. The van der Waals surface area contributed by atoms with Gasteiger partial charge < -0.3 is 5.32 Å². The normalized spacial score (nSPS) is 11.1. The van der Waals surface area contributed by atoms with Crippen molar-refractivity contribution in [3.63, 3.8) is 0 Å². The van der Waals surface area contributed by atoms with Gasteiger partial charge >= 0.3 is 0 Å². The second-order valence-electron chi connectivity index (χ2n) is 5.16. The molecule has 1 N–H and O–H groups in total. The van der Waals surface area contributed by atoms with Crippen molar-refractivity contribution in [2.24, 2.45) is 5.92 Å². The molecule has 1 aromatic rings. The van der Waals surface area contributed by atoms with Crippen LogP contribution in [-0.4, -0.2) is 6.54 Å². The van der Waals surface area contributed by atoms with Crippen molar-refractivity contribution in [2.75, 3.05) is 6.54 Å². The van der Waals surface area contributed by atoms with Crippen LogP contribution < -0.4 is 5.32 Å². The molecule has 0 saturated carbocycles. The fraction of sp³-hybridized carbons (Fsp3) is 0.625. The van der Waals surface area contributed by atoms with Gasteiger partial charge in [0.05, 0.1) is 0 Å². The number of rotatable bonds is 8. The van der Waals surface area contributed by atoms with Crippen LogP contribution in [-0.2, 0) is 13.0 Å². The van der Waals surface area contributed by atoms with E-state index in [1.807, 2.05) is 6.07 Å². The number of benzene rings is 1. The maximum Gasteiger partial charge on any atom is 0.0208 e. The molecule has 0 unspecified atom stereocenters. The predicted octanol–water partition coefficient (Wildman–Crippen LogP) is 3.97. The molecule has 17 heavy (non-hydrogen) atoms.